The van der Waals surface area contributed by atoms with Gasteiger partial charge in [-0.1, -0.05) is 6.07 Å². The van der Waals surface area contributed by atoms with Crippen LogP contribution in [0.1, 0.15) is 0 Å². The largest absolute Gasteiger partial charge is 0.396 e. The summed E-state index contributed by atoms with van der Waals surface area (Å²) in [5.41, 5.74) is 5.48. The van der Waals surface area contributed by atoms with E-state index in [2.05, 4.69) is 5.32 Å². The Morgan fingerprint density at radius 2 is 2.10 bits per heavy atom. The number of nitrogens with one attached hydrogen (secondary N) is 1. The van der Waals surface area contributed by atoms with Crippen LogP contribution in [-0.2, 0) is 14.6 Å². The molecule has 5 nitrogen and oxygen atoms in total. The zero-order valence-corrected chi connectivity index (χ0v) is 11.8. The lowest BCUT2D eigenvalue weighted by Gasteiger charge is -2.06. The molecule has 2 aromatic rings. The molecule has 0 spiro atoms. The van der Waals surface area contributed by atoms with Gasteiger partial charge < -0.3 is 11.1 Å². The van der Waals surface area contributed by atoms with Crippen molar-refractivity contribution in [2.24, 2.45) is 0 Å². The maximum Gasteiger partial charge on any atom is 0.239 e. The van der Waals surface area contributed by atoms with E-state index in [1.165, 1.54) is 18.2 Å². The smallest absolute Gasteiger partial charge is 0.239 e. The van der Waals surface area contributed by atoms with Gasteiger partial charge in [-0.25, -0.2) is 12.8 Å². The molecule has 106 valence electrons. The Morgan fingerprint density at radius 1 is 1.35 bits per heavy atom. The average molecular weight is 314 g/mol. The first kappa shape index (κ1) is 14.5. The minimum absolute atomic E-state index is 0.121. The van der Waals surface area contributed by atoms with Gasteiger partial charge in [0.25, 0.3) is 0 Å². The third-order valence-corrected chi connectivity index (χ3v) is 5.51. The van der Waals surface area contributed by atoms with Crippen LogP contribution in [0.25, 0.3) is 0 Å². The second kappa shape index (κ2) is 5.59. The molecular formula is C12H11FN2O3S2. The Bertz CT molecular complexity index is 727. The Morgan fingerprint density at radius 3 is 2.70 bits per heavy atom. The summed E-state index contributed by atoms with van der Waals surface area (Å²) in [7, 11) is -3.65. The molecule has 3 N–H and O–H groups in total. The molecule has 0 bridgehead atoms. The highest BCUT2D eigenvalue weighted by molar-refractivity contribution is 7.94. The van der Waals surface area contributed by atoms with Gasteiger partial charge in [0.1, 0.15) is 15.8 Å². The summed E-state index contributed by atoms with van der Waals surface area (Å²) in [6.07, 6.45) is 0. The monoisotopic (exact) mass is 314 g/mol. The summed E-state index contributed by atoms with van der Waals surface area (Å²) >= 11 is 1.05. The Labute approximate surface area is 119 Å². The van der Waals surface area contributed by atoms with Crippen LogP contribution in [0.15, 0.2) is 39.9 Å². The minimum atomic E-state index is -3.65. The normalized spacial score (nSPS) is 11.2. The molecule has 0 atom stereocenters. The van der Waals surface area contributed by atoms with Crippen molar-refractivity contribution < 1.29 is 17.6 Å². The number of halogens is 1. The van der Waals surface area contributed by atoms with Crippen LogP contribution in [0.5, 0.6) is 0 Å². The highest BCUT2D eigenvalue weighted by atomic mass is 32.2. The molecule has 1 heterocycles. The summed E-state index contributed by atoms with van der Waals surface area (Å²) < 4.78 is 36.9. The molecular weight excluding hydrogens is 303 g/mol. The minimum Gasteiger partial charge on any atom is -0.396 e. The van der Waals surface area contributed by atoms with Crippen molar-refractivity contribution in [2.45, 2.75) is 4.21 Å². The lowest BCUT2D eigenvalue weighted by atomic mass is 10.2. The van der Waals surface area contributed by atoms with Crippen molar-refractivity contribution >= 4 is 38.5 Å². The van der Waals surface area contributed by atoms with Crippen molar-refractivity contribution in [3.63, 3.8) is 0 Å². The van der Waals surface area contributed by atoms with Crippen molar-refractivity contribution in [1.29, 1.82) is 0 Å². The first-order valence-electron chi connectivity index (χ1n) is 5.49. The van der Waals surface area contributed by atoms with Crippen LogP contribution in [0.3, 0.4) is 0 Å². The van der Waals surface area contributed by atoms with E-state index < -0.39 is 27.3 Å². The van der Waals surface area contributed by atoms with Gasteiger partial charge in [-0.3, -0.25) is 4.79 Å². The maximum atomic E-state index is 13.0. The highest BCUT2D eigenvalue weighted by Gasteiger charge is 2.20. The van der Waals surface area contributed by atoms with Gasteiger partial charge in [0.05, 0.1) is 5.69 Å². The number of hydrogen-bond donors (Lipinski definition) is 2. The number of sulfone groups is 1. The molecule has 0 unspecified atom stereocenters. The first-order valence-corrected chi connectivity index (χ1v) is 8.03. The van der Waals surface area contributed by atoms with E-state index in [4.69, 9.17) is 5.73 Å². The van der Waals surface area contributed by atoms with Gasteiger partial charge >= 0.3 is 0 Å². The van der Waals surface area contributed by atoms with E-state index in [0.29, 0.717) is 0 Å². The number of nitrogen functional groups attached to an aromatic ring is 1. The van der Waals surface area contributed by atoms with Gasteiger partial charge in [0, 0.05) is 5.69 Å². The molecule has 20 heavy (non-hydrogen) atoms. The van der Waals surface area contributed by atoms with E-state index in [9.17, 15) is 17.6 Å². The highest BCUT2D eigenvalue weighted by Crippen LogP contribution is 2.19. The number of thiophene rings is 1. The van der Waals surface area contributed by atoms with Gasteiger partial charge in [0.2, 0.25) is 5.91 Å². The summed E-state index contributed by atoms with van der Waals surface area (Å²) in [4.78, 5) is 11.7. The molecule has 0 saturated carbocycles. The number of rotatable bonds is 4. The molecule has 0 aliphatic rings. The zero-order chi connectivity index (χ0) is 14.8. The van der Waals surface area contributed by atoms with E-state index in [1.807, 2.05) is 0 Å². The van der Waals surface area contributed by atoms with Crippen molar-refractivity contribution in [1.82, 2.24) is 0 Å². The number of anilines is 2. The molecule has 1 aromatic carbocycles. The Kier molecular flexibility index (Phi) is 4.05. The van der Waals surface area contributed by atoms with Crippen molar-refractivity contribution in [3.8, 4) is 0 Å². The van der Waals surface area contributed by atoms with E-state index in [1.54, 1.807) is 11.4 Å². The number of hydrogen-bond acceptors (Lipinski definition) is 5. The van der Waals surface area contributed by atoms with E-state index in [0.717, 1.165) is 17.4 Å². The molecule has 0 aliphatic heterocycles. The Hall–Kier alpha value is -1.93. The average Bonchev–Trinajstić information content (AvgIpc) is 2.87. The molecule has 2 rings (SSSR count). The molecule has 8 heteroatoms. The lowest BCUT2D eigenvalue weighted by molar-refractivity contribution is -0.113. The zero-order valence-electron chi connectivity index (χ0n) is 10.2. The summed E-state index contributed by atoms with van der Waals surface area (Å²) in [5, 5.41) is 3.98. The van der Waals surface area contributed by atoms with Gasteiger partial charge in [-0.05, 0) is 29.6 Å². The van der Waals surface area contributed by atoms with Crippen LogP contribution in [0.2, 0.25) is 0 Å². The fourth-order valence-electron chi connectivity index (χ4n) is 1.50. The second-order valence-electron chi connectivity index (χ2n) is 3.98. The van der Waals surface area contributed by atoms with Gasteiger partial charge in [0.15, 0.2) is 9.84 Å². The molecule has 0 saturated heterocycles. The quantitative estimate of drug-likeness (QED) is 0.843. The third kappa shape index (κ3) is 3.34. The third-order valence-electron chi connectivity index (χ3n) is 2.40. The molecule has 1 aromatic heterocycles. The van der Waals surface area contributed by atoms with Crippen LogP contribution >= 0.6 is 11.3 Å². The van der Waals surface area contributed by atoms with Crippen molar-refractivity contribution in [2.75, 3.05) is 16.8 Å². The molecule has 1 amide bonds. The van der Waals surface area contributed by atoms with Crippen LogP contribution in [0, 0.1) is 5.82 Å². The second-order valence-corrected chi connectivity index (χ2v) is 7.14. The van der Waals surface area contributed by atoms with E-state index >= 15 is 0 Å². The molecule has 0 fully saturated rings. The number of nitrogens with two attached hydrogens (primary N) is 1. The summed E-state index contributed by atoms with van der Waals surface area (Å²) in [5.74, 6) is -1.98. The molecule has 0 radical (unpaired) electrons. The first-order chi connectivity index (χ1) is 9.38. The van der Waals surface area contributed by atoms with Gasteiger partial charge in [-0.15, -0.1) is 11.3 Å². The SMILES string of the molecule is Nc1cc(NC(=O)CS(=O)(=O)c2cccs2)ccc1F. The van der Waals surface area contributed by atoms with E-state index in [-0.39, 0.29) is 15.6 Å². The van der Waals surface area contributed by atoms with Crippen LogP contribution in [0.4, 0.5) is 15.8 Å². The predicted molar refractivity (Wildman–Crippen MR) is 75.8 cm³/mol. The van der Waals surface area contributed by atoms with Gasteiger partial charge in [-0.2, -0.15) is 0 Å². The van der Waals surface area contributed by atoms with Crippen molar-refractivity contribution in [3.05, 3.63) is 41.5 Å². The molecule has 0 aliphatic carbocycles. The van der Waals surface area contributed by atoms with Crippen LogP contribution in [-0.4, -0.2) is 20.1 Å². The number of amides is 1. The van der Waals surface area contributed by atoms with Crippen LogP contribution < -0.4 is 11.1 Å². The number of benzene rings is 1. The predicted octanol–water partition coefficient (Wildman–Crippen LogP) is 1.88. The summed E-state index contributed by atoms with van der Waals surface area (Å²) in [6.45, 7) is 0. The lowest BCUT2D eigenvalue weighted by Crippen LogP contribution is -2.22. The maximum absolute atomic E-state index is 13.0. The fraction of sp³-hybridized carbons (Fsp3) is 0.0833. The number of carbonyl (C=O) groups is 1. The Balaban J connectivity index is 2.08. The topological polar surface area (TPSA) is 89.3 Å². The fourth-order valence-corrected chi connectivity index (χ4v) is 3.73. The standard InChI is InChI=1S/C12H11FN2O3S2/c13-9-4-3-8(6-10(9)14)15-11(16)7-20(17,18)12-2-1-5-19-12/h1-6H,7,14H2,(H,15,16). The summed E-state index contributed by atoms with van der Waals surface area (Å²) in [6, 6.07) is 6.66. The number of carbonyl (C=O) groups excluding carboxylic acids is 1.